The van der Waals surface area contributed by atoms with Crippen molar-refractivity contribution in [2.45, 2.75) is 11.8 Å². The van der Waals surface area contributed by atoms with Crippen LogP contribution in [0.1, 0.15) is 5.56 Å². The summed E-state index contributed by atoms with van der Waals surface area (Å²) < 4.78 is 27.4. The van der Waals surface area contributed by atoms with Crippen LogP contribution in [0.4, 0.5) is 17.2 Å². The first kappa shape index (κ1) is 24.4. The quantitative estimate of drug-likeness (QED) is 0.352. The van der Waals surface area contributed by atoms with Crippen molar-refractivity contribution >= 4 is 38.8 Å². The number of aromatic nitrogens is 2. The van der Waals surface area contributed by atoms with E-state index >= 15 is 0 Å². The molecular formula is C21H19ClN6O6S. The number of nitrogens with zero attached hydrogens (tertiary/aromatic N) is 6. The summed E-state index contributed by atoms with van der Waals surface area (Å²) in [6.07, 6.45) is 0. The van der Waals surface area contributed by atoms with Crippen LogP contribution in [0.25, 0.3) is 11.3 Å². The molecule has 0 N–H and O–H groups in total. The molecule has 182 valence electrons. The Bertz CT molecular complexity index is 1360. The van der Waals surface area contributed by atoms with Crippen molar-refractivity contribution < 1.29 is 18.3 Å². The maximum Gasteiger partial charge on any atom is 0.280 e. The predicted molar refractivity (Wildman–Crippen MR) is 128 cm³/mol. The van der Waals surface area contributed by atoms with E-state index in [0.717, 1.165) is 22.0 Å². The first-order chi connectivity index (χ1) is 16.6. The van der Waals surface area contributed by atoms with Crippen molar-refractivity contribution in [1.29, 1.82) is 0 Å². The molecule has 0 atom stereocenters. The minimum absolute atomic E-state index is 0.0679. The zero-order valence-electron chi connectivity index (χ0n) is 18.4. The molecule has 2 heterocycles. The average Bonchev–Trinajstić information content (AvgIpc) is 2.84. The number of hydrogen-bond acceptors (Lipinski definition) is 9. The maximum atomic E-state index is 13.1. The van der Waals surface area contributed by atoms with E-state index in [4.69, 9.17) is 11.6 Å². The zero-order chi connectivity index (χ0) is 25.3. The third-order valence-corrected chi connectivity index (χ3v) is 7.84. The third-order valence-electron chi connectivity index (χ3n) is 5.71. The molecule has 1 fully saturated rings. The lowest BCUT2D eigenvalue weighted by Crippen LogP contribution is -2.49. The molecule has 0 radical (unpaired) electrons. The monoisotopic (exact) mass is 518 g/mol. The minimum Gasteiger partial charge on any atom is -0.352 e. The summed E-state index contributed by atoms with van der Waals surface area (Å²) in [5, 5.41) is 31.8. The van der Waals surface area contributed by atoms with E-state index in [0.29, 0.717) is 29.6 Å². The smallest absolute Gasteiger partial charge is 0.280 e. The molecular weight excluding hydrogens is 500 g/mol. The molecule has 14 heteroatoms. The third kappa shape index (κ3) is 4.92. The second-order valence-corrected chi connectivity index (χ2v) is 10.1. The normalized spacial score (nSPS) is 14.6. The molecule has 0 unspecified atom stereocenters. The zero-order valence-corrected chi connectivity index (χ0v) is 19.9. The van der Waals surface area contributed by atoms with Gasteiger partial charge in [0, 0.05) is 48.9 Å². The van der Waals surface area contributed by atoms with Gasteiger partial charge in [0.15, 0.2) is 5.82 Å². The van der Waals surface area contributed by atoms with Gasteiger partial charge < -0.3 is 4.90 Å². The molecule has 1 aliphatic heterocycles. The second kappa shape index (κ2) is 9.52. The molecule has 0 bridgehead atoms. The van der Waals surface area contributed by atoms with E-state index in [1.165, 1.54) is 6.92 Å². The topological polar surface area (TPSA) is 153 Å². The van der Waals surface area contributed by atoms with Gasteiger partial charge in [-0.2, -0.15) is 4.31 Å². The molecule has 0 saturated carbocycles. The largest absolute Gasteiger partial charge is 0.352 e. The predicted octanol–water partition coefficient (Wildman–Crippen LogP) is 3.43. The summed E-state index contributed by atoms with van der Waals surface area (Å²) in [4.78, 5) is 22.4. The van der Waals surface area contributed by atoms with Crippen LogP contribution in [0.15, 0.2) is 53.4 Å². The molecule has 0 aliphatic carbocycles. The lowest BCUT2D eigenvalue weighted by Gasteiger charge is -2.34. The van der Waals surface area contributed by atoms with Crippen LogP contribution in [0.2, 0.25) is 5.02 Å². The van der Waals surface area contributed by atoms with Crippen molar-refractivity contribution in [1.82, 2.24) is 14.5 Å². The maximum absolute atomic E-state index is 13.1. The summed E-state index contributed by atoms with van der Waals surface area (Å²) in [5.74, 6) is 0.571. The Balaban J connectivity index is 1.51. The van der Waals surface area contributed by atoms with Crippen LogP contribution >= 0.6 is 11.6 Å². The van der Waals surface area contributed by atoms with Crippen LogP contribution in [0.3, 0.4) is 0 Å². The van der Waals surface area contributed by atoms with E-state index in [1.807, 2.05) is 17.0 Å². The molecule has 2 aromatic carbocycles. The van der Waals surface area contributed by atoms with Gasteiger partial charge in [0.25, 0.3) is 11.4 Å². The first-order valence-corrected chi connectivity index (χ1v) is 12.2. The Morgan fingerprint density at radius 2 is 1.46 bits per heavy atom. The highest BCUT2D eigenvalue weighted by atomic mass is 35.5. The number of nitro benzene ring substituents is 2. The molecule has 12 nitrogen and oxygen atoms in total. The Morgan fingerprint density at radius 3 is 1.94 bits per heavy atom. The van der Waals surface area contributed by atoms with Crippen molar-refractivity contribution in [2.75, 3.05) is 31.1 Å². The Hall–Kier alpha value is -3.68. The minimum atomic E-state index is -4.19. The Labute approximate surface area is 205 Å². The Kier molecular flexibility index (Phi) is 6.65. The van der Waals surface area contributed by atoms with Gasteiger partial charge in [-0.3, -0.25) is 20.2 Å². The number of benzene rings is 2. The number of nitro groups is 2. The fourth-order valence-electron chi connectivity index (χ4n) is 3.76. The van der Waals surface area contributed by atoms with Gasteiger partial charge in [0.2, 0.25) is 10.0 Å². The highest BCUT2D eigenvalue weighted by Gasteiger charge is 2.33. The van der Waals surface area contributed by atoms with Crippen LogP contribution in [0, 0.1) is 27.2 Å². The lowest BCUT2D eigenvalue weighted by molar-refractivity contribution is -0.395. The second-order valence-electron chi connectivity index (χ2n) is 7.78. The molecule has 1 saturated heterocycles. The van der Waals surface area contributed by atoms with Crippen LogP contribution < -0.4 is 4.90 Å². The van der Waals surface area contributed by atoms with E-state index in [-0.39, 0.29) is 18.7 Å². The van der Waals surface area contributed by atoms with Crippen molar-refractivity contribution in [2.24, 2.45) is 0 Å². The van der Waals surface area contributed by atoms with Crippen molar-refractivity contribution in [3.05, 3.63) is 79.3 Å². The van der Waals surface area contributed by atoms with Gasteiger partial charge in [0.1, 0.15) is 5.56 Å². The highest BCUT2D eigenvalue weighted by molar-refractivity contribution is 7.89. The average molecular weight is 519 g/mol. The molecule has 1 aromatic heterocycles. The van der Waals surface area contributed by atoms with Crippen LogP contribution in [0.5, 0.6) is 0 Å². The van der Waals surface area contributed by atoms with E-state index in [9.17, 15) is 28.6 Å². The summed E-state index contributed by atoms with van der Waals surface area (Å²) >= 11 is 5.91. The number of piperazine rings is 1. The SMILES string of the molecule is Cc1c([N+](=O)[O-])cc(S(=O)(=O)N2CCN(c3ccc(-c4ccc(Cl)cc4)nn3)CC2)cc1[N+](=O)[O-]. The molecule has 0 spiro atoms. The summed E-state index contributed by atoms with van der Waals surface area (Å²) in [6.45, 7) is 1.94. The van der Waals surface area contributed by atoms with Gasteiger partial charge in [-0.05, 0) is 31.2 Å². The van der Waals surface area contributed by atoms with E-state index < -0.39 is 36.1 Å². The number of halogens is 1. The van der Waals surface area contributed by atoms with Crippen LogP contribution in [-0.2, 0) is 10.0 Å². The van der Waals surface area contributed by atoms with Gasteiger partial charge in [-0.1, -0.05) is 23.7 Å². The van der Waals surface area contributed by atoms with E-state index in [1.54, 1.807) is 24.3 Å². The molecule has 3 aromatic rings. The van der Waals surface area contributed by atoms with Crippen molar-refractivity contribution in [3.63, 3.8) is 0 Å². The van der Waals surface area contributed by atoms with Gasteiger partial charge >= 0.3 is 0 Å². The molecule has 35 heavy (non-hydrogen) atoms. The Morgan fingerprint density at radius 1 is 0.886 bits per heavy atom. The fraction of sp³-hybridized carbons (Fsp3) is 0.238. The number of anilines is 1. The van der Waals surface area contributed by atoms with E-state index in [2.05, 4.69) is 10.2 Å². The first-order valence-electron chi connectivity index (χ1n) is 10.4. The molecule has 0 amide bonds. The molecule has 4 rings (SSSR count). The van der Waals surface area contributed by atoms with Crippen LogP contribution in [-0.4, -0.2) is 58.9 Å². The van der Waals surface area contributed by atoms with Crippen molar-refractivity contribution in [3.8, 4) is 11.3 Å². The summed E-state index contributed by atoms with van der Waals surface area (Å²) in [6, 6.07) is 12.5. The lowest BCUT2D eigenvalue weighted by atomic mass is 10.1. The summed E-state index contributed by atoms with van der Waals surface area (Å²) in [5.41, 5.74) is 0.0733. The number of sulfonamides is 1. The number of hydrogen-bond donors (Lipinski definition) is 0. The van der Waals surface area contributed by atoms with Gasteiger partial charge in [-0.15, -0.1) is 10.2 Å². The fourth-order valence-corrected chi connectivity index (χ4v) is 5.35. The molecule has 1 aliphatic rings. The standard InChI is InChI=1S/C21H19ClN6O6S/c1-14-19(27(29)30)12-17(13-20(14)28(31)32)35(33,34)26-10-8-25(9-11-26)21-7-6-18(23-24-21)15-2-4-16(22)5-3-15/h2-7,12-13H,8-11H2,1H3. The number of rotatable bonds is 6. The van der Waals surface area contributed by atoms with Gasteiger partial charge in [-0.25, -0.2) is 8.42 Å². The summed E-state index contributed by atoms with van der Waals surface area (Å²) in [7, 11) is -4.19. The highest BCUT2D eigenvalue weighted by Crippen LogP contribution is 2.33. The van der Waals surface area contributed by atoms with Gasteiger partial charge in [0.05, 0.1) is 20.4 Å².